The Morgan fingerprint density at radius 2 is 1.93 bits per heavy atom. The number of anilines is 1. The van der Waals surface area contributed by atoms with Gasteiger partial charge < -0.3 is 5.32 Å². The number of fused-ring (bicyclic) bond motifs is 6. The molecule has 2 aliphatic rings. The summed E-state index contributed by atoms with van der Waals surface area (Å²) in [5, 5.41) is 14.6. The van der Waals surface area contributed by atoms with Crippen molar-refractivity contribution in [2.75, 3.05) is 11.1 Å². The maximum absolute atomic E-state index is 12.5. The Hall–Kier alpha value is -2.47. The smallest absolute Gasteiger partial charge is 0.234 e. The monoisotopic (exact) mass is 404 g/mol. The summed E-state index contributed by atoms with van der Waals surface area (Å²) in [6, 6.07) is 14.0. The fourth-order valence-corrected chi connectivity index (χ4v) is 5.66. The van der Waals surface area contributed by atoms with E-state index in [-0.39, 0.29) is 22.5 Å². The molecule has 0 aliphatic heterocycles. The van der Waals surface area contributed by atoms with Crippen LogP contribution in [0.1, 0.15) is 50.9 Å². The van der Waals surface area contributed by atoms with E-state index >= 15 is 0 Å². The van der Waals surface area contributed by atoms with Crippen LogP contribution in [0, 0.1) is 5.41 Å². The predicted molar refractivity (Wildman–Crippen MR) is 116 cm³/mol. The van der Waals surface area contributed by atoms with Crippen molar-refractivity contribution in [3.8, 4) is 0 Å². The van der Waals surface area contributed by atoms with Crippen LogP contribution >= 0.6 is 11.8 Å². The first-order valence-corrected chi connectivity index (χ1v) is 11.0. The third-order valence-electron chi connectivity index (χ3n) is 7.17. The molecule has 1 aromatic heterocycles. The van der Waals surface area contributed by atoms with Crippen LogP contribution in [-0.2, 0) is 10.2 Å². The first-order chi connectivity index (χ1) is 13.9. The highest BCUT2D eigenvalue weighted by Crippen LogP contribution is 2.66. The highest BCUT2D eigenvalue weighted by molar-refractivity contribution is 7.99. The number of nitrogens with one attached hydrogen (secondary N) is 1. The van der Waals surface area contributed by atoms with Gasteiger partial charge in [-0.25, -0.2) is 4.98 Å². The van der Waals surface area contributed by atoms with E-state index in [4.69, 9.17) is 4.98 Å². The fourth-order valence-electron chi connectivity index (χ4n) is 5.07. The standard InChI is InChI=1S/C23H24N4OS/c1-22(2)16-11-12-23(22,3)20-19(16)26-27-21(25-20)29-13-18(28)24-17-10-6-8-14-7-4-5-9-15(14)17/h4-10,16H,11-13H2,1-3H3,(H,24,28)/t16-,23-/m0/s1. The zero-order valence-corrected chi connectivity index (χ0v) is 17.7. The molecule has 0 unspecified atom stereocenters. The Kier molecular flexibility index (Phi) is 4.17. The molecule has 2 atom stereocenters. The number of carbonyl (C=O) groups excluding carboxylic acids is 1. The Labute approximate surface area is 174 Å². The number of thioether (sulfide) groups is 1. The van der Waals surface area contributed by atoms with Crippen LogP contribution in [0.3, 0.4) is 0 Å². The molecular formula is C23H24N4OS. The Bertz CT molecular complexity index is 1120. The SMILES string of the molecule is CC1(C)[C@H]2CC[C@@]1(C)c1nc(SCC(=O)Nc3cccc4ccccc34)nnc12. The zero-order chi connectivity index (χ0) is 20.2. The lowest BCUT2D eigenvalue weighted by Gasteiger charge is -2.33. The van der Waals surface area contributed by atoms with Gasteiger partial charge >= 0.3 is 0 Å². The minimum atomic E-state index is -0.0662. The van der Waals surface area contributed by atoms with Gasteiger partial charge in [0.2, 0.25) is 11.1 Å². The molecular weight excluding hydrogens is 380 g/mol. The van der Waals surface area contributed by atoms with Crippen LogP contribution in [0.25, 0.3) is 10.8 Å². The molecule has 2 aromatic carbocycles. The van der Waals surface area contributed by atoms with E-state index in [2.05, 4.69) is 36.3 Å². The Balaban J connectivity index is 1.31. The molecule has 2 bridgehead atoms. The number of rotatable bonds is 4. The van der Waals surface area contributed by atoms with E-state index in [1.54, 1.807) is 0 Å². The molecule has 5 nitrogen and oxygen atoms in total. The lowest BCUT2D eigenvalue weighted by Crippen LogP contribution is -2.32. The van der Waals surface area contributed by atoms with Crippen molar-refractivity contribution in [2.24, 2.45) is 5.41 Å². The maximum atomic E-state index is 12.5. The molecule has 3 aromatic rings. The van der Waals surface area contributed by atoms with E-state index in [1.807, 2.05) is 42.5 Å². The molecule has 1 saturated carbocycles. The molecule has 148 valence electrons. The van der Waals surface area contributed by atoms with Gasteiger partial charge in [0.1, 0.15) is 0 Å². The summed E-state index contributed by atoms with van der Waals surface area (Å²) in [4.78, 5) is 17.4. The highest BCUT2D eigenvalue weighted by atomic mass is 32.2. The summed E-state index contributed by atoms with van der Waals surface area (Å²) < 4.78 is 0. The second-order valence-corrected chi connectivity index (χ2v) is 9.78. The number of hydrogen-bond acceptors (Lipinski definition) is 5. The average molecular weight is 405 g/mol. The van der Waals surface area contributed by atoms with Gasteiger partial charge in [-0.05, 0) is 29.7 Å². The van der Waals surface area contributed by atoms with Gasteiger partial charge in [-0.1, -0.05) is 68.9 Å². The van der Waals surface area contributed by atoms with Gasteiger partial charge in [0.25, 0.3) is 0 Å². The van der Waals surface area contributed by atoms with Crippen molar-refractivity contribution in [3.63, 3.8) is 0 Å². The second kappa shape index (κ2) is 6.52. The second-order valence-electron chi connectivity index (χ2n) is 8.84. The van der Waals surface area contributed by atoms with Gasteiger partial charge in [-0.2, -0.15) is 5.10 Å². The number of nitrogens with zero attached hydrogens (tertiary/aromatic N) is 3. The van der Waals surface area contributed by atoms with E-state index in [9.17, 15) is 4.79 Å². The minimum Gasteiger partial charge on any atom is -0.325 e. The molecule has 5 rings (SSSR count). The first-order valence-electron chi connectivity index (χ1n) is 10.1. The normalized spacial score (nSPS) is 23.9. The largest absolute Gasteiger partial charge is 0.325 e. The summed E-state index contributed by atoms with van der Waals surface area (Å²) in [6.07, 6.45) is 2.30. The first kappa shape index (κ1) is 18.6. The number of benzene rings is 2. The molecule has 6 heteroatoms. The molecule has 1 N–H and O–H groups in total. The van der Waals surface area contributed by atoms with Gasteiger partial charge in [-0.15, -0.1) is 5.10 Å². The third-order valence-corrected chi connectivity index (χ3v) is 8.01. The fraction of sp³-hybridized carbons (Fsp3) is 0.391. The van der Waals surface area contributed by atoms with Gasteiger partial charge in [0.15, 0.2) is 0 Å². The summed E-state index contributed by atoms with van der Waals surface area (Å²) in [5.74, 6) is 0.632. The summed E-state index contributed by atoms with van der Waals surface area (Å²) >= 11 is 1.35. The van der Waals surface area contributed by atoms with Crippen LogP contribution < -0.4 is 5.32 Å². The predicted octanol–water partition coefficient (Wildman–Crippen LogP) is 4.93. The number of carbonyl (C=O) groups is 1. The van der Waals surface area contributed by atoms with Crippen molar-refractivity contribution < 1.29 is 4.79 Å². The highest BCUT2D eigenvalue weighted by Gasteiger charge is 2.61. The number of aromatic nitrogens is 3. The molecule has 29 heavy (non-hydrogen) atoms. The van der Waals surface area contributed by atoms with E-state index in [0.717, 1.165) is 40.7 Å². The van der Waals surface area contributed by atoms with E-state index in [1.165, 1.54) is 11.8 Å². The maximum Gasteiger partial charge on any atom is 0.234 e. The van der Waals surface area contributed by atoms with Crippen LogP contribution in [0.4, 0.5) is 5.69 Å². The molecule has 0 radical (unpaired) electrons. The number of amides is 1. The van der Waals surface area contributed by atoms with E-state index < -0.39 is 0 Å². The zero-order valence-electron chi connectivity index (χ0n) is 16.9. The lowest BCUT2D eigenvalue weighted by molar-refractivity contribution is -0.113. The molecule has 1 fully saturated rings. The Morgan fingerprint density at radius 3 is 2.79 bits per heavy atom. The third kappa shape index (κ3) is 2.76. The van der Waals surface area contributed by atoms with Crippen molar-refractivity contribution in [2.45, 2.75) is 50.1 Å². The molecule has 1 heterocycles. The molecule has 0 spiro atoms. The lowest BCUT2D eigenvalue weighted by atomic mass is 9.70. The van der Waals surface area contributed by atoms with Gasteiger partial charge in [0.05, 0.1) is 17.1 Å². The van der Waals surface area contributed by atoms with Crippen LogP contribution in [0.2, 0.25) is 0 Å². The topological polar surface area (TPSA) is 67.8 Å². The van der Waals surface area contributed by atoms with Crippen LogP contribution in [-0.4, -0.2) is 26.8 Å². The van der Waals surface area contributed by atoms with Crippen molar-refractivity contribution in [1.29, 1.82) is 0 Å². The summed E-state index contributed by atoms with van der Waals surface area (Å²) in [7, 11) is 0. The summed E-state index contributed by atoms with van der Waals surface area (Å²) in [5.41, 5.74) is 3.18. The van der Waals surface area contributed by atoms with Crippen molar-refractivity contribution in [3.05, 3.63) is 53.9 Å². The molecule has 1 amide bonds. The quantitative estimate of drug-likeness (QED) is 0.625. The minimum absolute atomic E-state index is 0.0451. The average Bonchev–Trinajstić information content (AvgIpc) is 3.05. The molecule has 0 saturated heterocycles. The summed E-state index contributed by atoms with van der Waals surface area (Å²) in [6.45, 7) is 6.94. The van der Waals surface area contributed by atoms with E-state index in [0.29, 0.717) is 11.1 Å². The number of hydrogen-bond donors (Lipinski definition) is 1. The van der Waals surface area contributed by atoms with Gasteiger partial charge in [0, 0.05) is 22.4 Å². The van der Waals surface area contributed by atoms with Crippen LogP contribution in [0.15, 0.2) is 47.6 Å². The van der Waals surface area contributed by atoms with Crippen molar-refractivity contribution >= 4 is 34.1 Å². The van der Waals surface area contributed by atoms with Gasteiger partial charge in [-0.3, -0.25) is 4.79 Å². The van der Waals surface area contributed by atoms with Crippen LogP contribution in [0.5, 0.6) is 0 Å². The Morgan fingerprint density at radius 1 is 1.14 bits per heavy atom. The molecule has 2 aliphatic carbocycles. The van der Waals surface area contributed by atoms with Crippen molar-refractivity contribution in [1.82, 2.24) is 15.2 Å².